The number of aromatic nitrogens is 1. The first-order valence-electron chi connectivity index (χ1n) is 5.22. The van der Waals surface area contributed by atoms with Crippen molar-refractivity contribution in [3.05, 3.63) is 24.4 Å². The van der Waals surface area contributed by atoms with E-state index in [0.717, 1.165) is 0 Å². The molecular weight excluding hydrogens is 240 g/mol. The normalized spacial score (nSPS) is 15.9. The Morgan fingerprint density at radius 1 is 1.22 bits per heavy atom. The molecule has 0 saturated heterocycles. The van der Waals surface area contributed by atoms with Crippen molar-refractivity contribution in [3.63, 3.8) is 0 Å². The molecule has 1 aromatic rings. The van der Waals surface area contributed by atoms with Crippen LogP contribution in [0, 0.1) is 0 Å². The summed E-state index contributed by atoms with van der Waals surface area (Å²) in [5.41, 5.74) is -1.60. The fourth-order valence-electron chi connectivity index (χ4n) is 2.15. The van der Waals surface area contributed by atoms with E-state index in [9.17, 15) is 14.4 Å². The van der Waals surface area contributed by atoms with Gasteiger partial charge in [0.05, 0.1) is 6.20 Å². The van der Waals surface area contributed by atoms with Gasteiger partial charge in [-0.15, -0.1) is 0 Å². The molecule has 7 heteroatoms. The van der Waals surface area contributed by atoms with Gasteiger partial charge in [0.15, 0.2) is 0 Å². The van der Waals surface area contributed by atoms with Crippen molar-refractivity contribution in [1.29, 1.82) is 0 Å². The Bertz CT molecular complexity index is 524. The zero-order chi connectivity index (χ0) is 13.3. The van der Waals surface area contributed by atoms with Crippen LogP contribution in [0.2, 0.25) is 0 Å². The molecule has 0 fully saturated rings. The van der Waals surface area contributed by atoms with Crippen LogP contribution in [0.15, 0.2) is 24.4 Å². The van der Waals surface area contributed by atoms with Crippen molar-refractivity contribution in [2.24, 2.45) is 0 Å². The number of nitrogens with one attached hydrogen (secondary N) is 1. The molecule has 0 radical (unpaired) electrons. The van der Waals surface area contributed by atoms with Crippen molar-refractivity contribution in [2.45, 2.75) is 18.4 Å². The van der Waals surface area contributed by atoms with Gasteiger partial charge in [0, 0.05) is 6.07 Å². The molecule has 94 valence electrons. The van der Waals surface area contributed by atoms with E-state index in [-0.39, 0.29) is 0 Å². The Kier molecular flexibility index (Phi) is 2.74. The third kappa shape index (κ3) is 1.79. The summed E-state index contributed by atoms with van der Waals surface area (Å²) in [7, 11) is 0. The molecule has 1 aromatic heterocycles. The Balaban J connectivity index is 2.55. The Labute approximate surface area is 102 Å². The van der Waals surface area contributed by atoms with Gasteiger partial charge in [0.2, 0.25) is 5.54 Å². The highest BCUT2D eigenvalue weighted by Gasteiger charge is 2.56. The number of amides is 1. The summed E-state index contributed by atoms with van der Waals surface area (Å²) in [6.07, 6.45) is 0.346. The van der Waals surface area contributed by atoms with Crippen molar-refractivity contribution >= 4 is 23.7 Å². The van der Waals surface area contributed by atoms with Gasteiger partial charge < -0.3 is 10.2 Å². The number of carboxylic acids is 2. The smallest absolute Gasteiger partial charge is 0.357 e. The lowest BCUT2D eigenvalue weighted by Crippen LogP contribution is -2.58. The number of anilines is 1. The molecule has 0 bridgehead atoms. The summed E-state index contributed by atoms with van der Waals surface area (Å²) in [5, 5.41) is 20.3. The third-order valence-electron chi connectivity index (χ3n) is 2.87. The highest BCUT2D eigenvalue weighted by atomic mass is 16.4. The number of hydrogen-bond acceptors (Lipinski definition) is 3. The minimum absolute atomic E-state index is 0.394. The van der Waals surface area contributed by atoms with E-state index in [0.29, 0.717) is 5.82 Å². The van der Waals surface area contributed by atoms with Gasteiger partial charge in [0.25, 0.3) is 5.82 Å². The van der Waals surface area contributed by atoms with Crippen LogP contribution in [0.4, 0.5) is 5.82 Å². The first-order valence-corrected chi connectivity index (χ1v) is 5.22. The quantitative estimate of drug-likeness (QED) is 0.629. The Hall–Kier alpha value is -2.44. The summed E-state index contributed by atoms with van der Waals surface area (Å²) in [6, 6.07) is 4.87. The van der Waals surface area contributed by atoms with Crippen LogP contribution in [0.5, 0.6) is 0 Å². The zero-order valence-corrected chi connectivity index (χ0v) is 9.29. The average Bonchev–Trinajstić information content (AvgIpc) is 2.51. The van der Waals surface area contributed by atoms with E-state index >= 15 is 0 Å². The van der Waals surface area contributed by atoms with Gasteiger partial charge in [-0.25, -0.2) is 14.7 Å². The Morgan fingerprint density at radius 2 is 1.83 bits per heavy atom. The molecule has 3 N–H and O–H groups in total. The van der Waals surface area contributed by atoms with Crippen molar-refractivity contribution in [2.75, 3.05) is 5.32 Å². The maximum Gasteiger partial charge on any atom is 0.357 e. The molecule has 1 aliphatic rings. The van der Waals surface area contributed by atoms with Crippen molar-refractivity contribution in [1.82, 2.24) is 0 Å². The molecule has 0 aromatic carbocycles. The molecule has 1 amide bonds. The fraction of sp³-hybridized carbons (Fsp3) is 0.273. The van der Waals surface area contributed by atoms with E-state index in [4.69, 9.17) is 10.2 Å². The van der Waals surface area contributed by atoms with Crippen molar-refractivity contribution < 1.29 is 29.2 Å². The topological polar surface area (TPSA) is 108 Å². The molecule has 0 aliphatic carbocycles. The first-order chi connectivity index (χ1) is 8.45. The Morgan fingerprint density at radius 3 is 2.39 bits per heavy atom. The van der Waals surface area contributed by atoms with Gasteiger partial charge in [-0.1, -0.05) is 6.07 Å². The van der Waals surface area contributed by atoms with Crippen LogP contribution in [-0.4, -0.2) is 28.1 Å². The maximum absolute atomic E-state index is 12.0. The first kappa shape index (κ1) is 12.0. The second-order valence-electron chi connectivity index (χ2n) is 4.08. The monoisotopic (exact) mass is 251 g/mol. The van der Waals surface area contributed by atoms with Crippen LogP contribution < -0.4 is 9.88 Å². The minimum atomic E-state index is -1.60. The lowest BCUT2D eigenvalue weighted by molar-refractivity contribution is -0.727. The van der Waals surface area contributed by atoms with Gasteiger partial charge >= 0.3 is 17.8 Å². The number of hydrogen-bond donors (Lipinski definition) is 3. The van der Waals surface area contributed by atoms with Crippen LogP contribution in [0.3, 0.4) is 0 Å². The molecule has 0 unspecified atom stereocenters. The largest absolute Gasteiger partial charge is 0.481 e. The lowest BCUT2D eigenvalue weighted by Gasteiger charge is -2.19. The molecule has 0 spiro atoms. The van der Waals surface area contributed by atoms with Crippen LogP contribution in [-0.2, 0) is 19.9 Å². The number of aliphatic carboxylic acids is 2. The number of rotatable bonds is 4. The number of carbonyl (C=O) groups is 3. The predicted molar refractivity (Wildman–Crippen MR) is 57.7 cm³/mol. The highest BCUT2D eigenvalue weighted by molar-refractivity contribution is 6.00. The summed E-state index contributed by atoms with van der Waals surface area (Å²) in [5.74, 6) is -2.67. The van der Waals surface area contributed by atoms with Gasteiger partial charge in [-0.3, -0.25) is 9.59 Å². The predicted octanol–water partition coefficient (Wildman–Crippen LogP) is -0.429. The molecule has 18 heavy (non-hydrogen) atoms. The van der Waals surface area contributed by atoms with E-state index in [1.54, 1.807) is 18.2 Å². The highest BCUT2D eigenvalue weighted by Crippen LogP contribution is 2.28. The molecule has 0 atom stereocenters. The summed E-state index contributed by atoms with van der Waals surface area (Å²) in [6.45, 7) is 0. The standard InChI is InChI=1S/C11H10N2O5/c14-8(15)5-11(6-9(16)17)10(18)12-7-3-1-2-4-13(7)11/h1-4H,5-6H2,(H2,14,15,16,17)/p+1. The van der Waals surface area contributed by atoms with Gasteiger partial charge in [-0.2, -0.15) is 0 Å². The van der Waals surface area contributed by atoms with Crippen LogP contribution in [0.25, 0.3) is 0 Å². The molecule has 2 heterocycles. The van der Waals surface area contributed by atoms with Gasteiger partial charge in [-0.05, 0) is 6.07 Å². The summed E-state index contributed by atoms with van der Waals surface area (Å²) >= 11 is 0. The molecule has 2 rings (SSSR count). The molecule has 1 aliphatic heterocycles. The second kappa shape index (κ2) is 4.10. The maximum atomic E-state index is 12.0. The molecular formula is C11H11N2O5+. The van der Waals surface area contributed by atoms with Gasteiger partial charge in [0.1, 0.15) is 12.8 Å². The molecule has 0 saturated carbocycles. The van der Waals surface area contributed by atoms with E-state index in [1.165, 1.54) is 10.8 Å². The third-order valence-corrected chi connectivity index (χ3v) is 2.87. The second-order valence-corrected chi connectivity index (χ2v) is 4.08. The SMILES string of the molecule is O=C(O)CC1(CC(=O)O)C(=O)Nc2cccc[n+]21. The number of carbonyl (C=O) groups excluding carboxylic acids is 1. The lowest BCUT2D eigenvalue weighted by atomic mass is 9.90. The fourth-order valence-corrected chi connectivity index (χ4v) is 2.15. The number of pyridine rings is 1. The summed E-state index contributed by atoms with van der Waals surface area (Å²) < 4.78 is 1.37. The minimum Gasteiger partial charge on any atom is -0.481 e. The number of carboxylic acid groups (broad SMARTS) is 2. The number of nitrogens with zero attached hydrogens (tertiary/aromatic N) is 1. The van der Waals surface area contributed by atoms with Crippen molar-refractivity contribution in [3.8, 4) is 0 Å². The number of fused-ring (bicyclic) bond motifs is 1. The van der Waals surface area contributed by atoms with Crippen LogP contribution >= 0.6 is 0 Å². The van der Waals surface area contributed by atoms with E-state index in [1.807, 2.05) is 0 Å². The van der Waals surface area contributed by atoms with Crippen LogP contribution in [0.1, 0.15) is 12.8 Å². The van der Waals surface area contributed by atoms with E-state index in [2.05, 4.69) is 5.32 Å². The summed E-state index contributed by atoms with van der Waals surface area (Å²) in [4.78, 5) is 33.8. The average molecular weight is 251 g/mol. The molecule has 7 nitrogen and oxygen atoms in total. The van der Waals surface area contributed by atoms with E-state index < -0.39 is 36.2 Å². The zero-order valence-electron chi connectivity index (χ0n) is 9.29.